The third kappa shape index (κ3) is 2.62. The standard InChI is InChI=1S/C19H18BrN3OS/c20-17-14-3-1-2-4-16(14)25-18(17)19(24)23(12-5-6-12)13-7-8-15-11(9-13)10-21-22-15/h1-4,10,12-13H,5-9H2,(H,21,22). The van der Waals surface area contributed by atoms with Gasteiger partial charge in [-0.2, -0.15) is 5.10 Å². The molecule has 0 spiro atoms. The minimum absolute atomic E-state index is 0.188. The maximum Gasteiger partial charge on any atom is 0.265 e. The van der Waals surface area contributed by atoms with Gasteiger partial charge in [0, 0.05) is 32.3 Å². The Morgan fingerprint density at radius 3 is 2.88 bits per heavy atom. The van der Waals surface area contributed by atoms with Gasteiger partial charge in [-0.1, -0.05) is 18.2 Å². The van der Waals surface area contributed by atoms with Crippen LogP contribution in [-0.2, 0) is 12.8 Å². The van der Waals surface area contributed by atoms with Crippen LogP contribution < -0.4 is 0 Å². The Morgan fingerprint density at radius 2 is 2.08 bits per heavy atom. The zero-order valence-corrected chi connectivity index (χ0v) is 16.1. The van der Waals surface area contributed by atoms with Crippen LogP contribution in [0.2, 0.25) is 0 Å². The first kappa shape index (κ1) is 15.6. The first-order valence-corrected chi connectivity index (χ1v) is 10.3. The summed E-state index contributed by atoms with van der Waals surface area (Å²) in [5.74, 6) is 0.188. The summed E-state index contributed by atoms with van der Waals surface area (Å²) in [6.07, 6.45) is 7.08. The number of halogens is 1. The zero-order valence-electron chi connectivity index (χ0n) is 13.7. The Hall–Kier alpha value is -1.66. The number of aromatic nitrogens is 2. The number of carbonyl (C=O) groups excluding carboxylic acids is 1. The molecule has 1 aromatic carbocycles. The van der Waals surface area contributed by atoms with Crippen molar-refractivity contribution in [1.82, 2.24) is 15.1 Å². The molecule has 1 fully saturated rings. The molecule has 0 radical (unpaired) electrons. The van der Waals surface area contributed by atoms with Crippen LogP contribution in [0.3, 0.4) is 0 Å². The summed E-state index contributed by atoms with van der Waals surface area (Å²) in [7, 11) is 0. The third-order valence-corrected chi connectivity index (χ3v) is 7.53. The molecule has 0 aliphatic heterocycles. The highest BCUT2D eigenvalue weighted by atomic mass is 79.9. The van der Waals surface area contributed by atoms with Gasteiger partial charge in [-0.15, -0.1) is 11.3 Å². The number of rotatable bonds is 3. The quantitative estimate of drug-likeness (QED) is 0.681. The molecule has 2 aliphatic rings. The van der Waals surface area contributed by atoms with Gasteiger partial charge in [-0.05, 0) is 59.7 Å². The van der Waals surface area contributed by atoms with Crippen molar-refractivity contribution in [2.45, 2.75) is 44.2 Å². The van der Waals surface area contributed by atoms with Crippen molar-refractivity contribution in [2.24, 2.45) is 0 Å². The molecule has 1 unspecified atom stereocenters. The van der Waals surface area contributed by atoms with Crippen molar-refractivity contribution >= 4 is 43.3 Å². The minimum atomic E-state index is 0.188. The number of aryl methyl sites for hydroxylation is 1. The molecule has 2 aromatic heterocycles. The van der Waals surface area contributed by atoms with Gasteiger partial charge in [-0.25, -0.2) is 0 Å². The number of thiophene rings is 1. The highest BCUT2D eigenvalue weighted by molar-refractivity contribution is 9.10. The smallest absolute Gasteiger partial charge is 0.265 e. The summed E-state index contributed by atoms with van der Waals surface area (Å²) in [6, 6.07) is 8.90. The van der Waals surface area contributed by atoms with E-state index in [1.54, 1.807) is 11.3 Å². The van der Waals surface area contributed by atoms with Gasteiger partial charge in [0.25, 0.3) is 5.91 Å². The number of H-pyrrole nitrogens is 1. The van der Waals surface area contributed by atoms with Crippen LogP contribution in [0.15, 0.2) is 34.9 Å². The molecule has 25 heavy (non-hydrogen) atoms. The van der Waals surface area contributed by atoms with E-state index in [9.17, 15) is 4.79 Å². The van der Waals surface area contributed by atoms with Crippen molar-refractivity contribution < 1.29 is 4.79 Å². The average Bonchev–Trinajstić information content (AvgIpc) is 3.24. The molecule has 5 rings (SSSR count). The third-order valence-electron chi connectivity index (χ3n) is 5.29. The first-order chi connectivity index (χ1) is 12.2. The molecule has 128 valence electrons. The average molecular weight is 416 g/mol. The van der Waals surface area contributed by atoms with Gasteiger partial charge in [0.2, 0.25) is 0 Å². The lowest BCUT2D eigenvalue weighted by Gasteiger charge is -2.34. The summed E-state index contributed by atoms with van der Waals surface area (Å²) < 4.78 is 2.11. The molecular formula is C19H18BrN3OS. The summed E-state index contributed by atoms with van der Waals surface area (Å²) in [4.78, 5) is 16.5. The number of nitrogens with one attached hydrogen (secondary N) is 1. The second-order valence-corrected chi connectivity index (χ2v) is 8.80. The molecule has 4 nitrogen and oxygen atoms in total. The molecule has 0 bridgehead atoms. The van der Waals surface area contributed by atoms with Crippen LogP contribution in [0.5, 0.6) is 0 Å². The van der Waals surface area contributed by atoms with Crippen LogP contribution in [0.4, 0.5) is 0 Å². The molecule has 0 saturated heterocycles. The second kappa shape index (κ2) is 5.95. The van der Waals surface area contributed by atoms with Crippen molar-refractivity contribution in [1.29, 1.82) is 0 Å². The number of nitrogens with zero attached hydrogens (tertiary/aromatic N) is 2. The number of fused-ring (bicyclic) bond motifs is 2. The molecule has 1 N–H and O–H groups in total. The maximum atomic E-state index is 13.4. The van der Waals surface area contributed by atoms with E-state index >= 15 is 0 Å². The lowest BCUT2D eigenvalue weighted by Crippen LogP contribution is -2.44. The van der Waals surface area contributed by atoms with Crippen molar-refractivity contribution in [3.8, 4) is 0 Å². The molecular weight excluding hydrogens is 398 g/mol. The Bertz CT molecular complexity index is 959. The number of aromatic amines is 1. The second-order valence-electron chi connectivity index (χ2n) is 6.96. The van der Waals surface area contributed by atoms with Gasteiger partial charge >= 0.3 is 0 Å². The van der Waals surface area contributed by atoms with Gasteiger partial charge in [0.05, 0.1) is 6.20 Å². The summed E-state index contributed by atoms with van der Waals surface area (Å²) in [5, 5.41) is 8.39. The lowest BCUT2D eigenvalue weighted by atomic mass is 9.92. The number of carbonyl (C=O) groups is 1. The van der Waals surface area contributed by atoms with Crippen LogP contribution in [-0.4, -0.2) is 33.1 Å². The highest BCUT2D eigenvalue weighted by Gasteiger charge is 2.40. The Kier molecular flexibility index (Phi) is 3.71. The summed E-state index contributed by atoms with van der Waals surface area (Å²) in [5.41, 5.74) is 2.51. The van der Waals surface area contributed by atoms with E-state index in [1.165, 1.54) is 11.3 Å². The van der Waals surface area contributed by atoms with Crippen LogP contribution in [0.1, 0.15) is 40.2 Å². The monoisotopic (exact) mass is 415 g/mol. The molecule has 6 heteroatoms. The van der Waals surface area contributed by atoms with Gasteiger partial charge in [0.1, 0.15) is 4.88 Å². The van der Waals surface area contributed by atoms with E-state index in [0.717, 1.165) is 51.5 Å². The Labute approximate surface area is 158 Å². The number of benzene rings is 1. The van der Waals surface area contributed by atoms with Gasteiger partial charge in [0.15, 0.2) is 0 Å². The largest absolute Gasteiger partial charge is 0.332 e. The van der Waals surface area contributed by atoms with Crippen LogP contribution in [0, 0.1) is 0 Å². The van der Waals surface area contributed by atoms with E-state index in [4.69, 9.17) is 0 Å². The predicted molar refractivity (Wildman–Crippen MR) is 103 cm³/mol. The van der Waals surface area contributed by atoms with Crippen molar-refractivity contribution in [2.75, 3.05) is 0 Å². The fourth-order valence-corrected chi connectivity index (χ4v) is 5.81. The molecule has 1 atom stereocenters. The predicted octanol–water partition coefficient (Wildman–Crippen LogP) is 4.55. The van der Waals surface area contributed by atoms with E-state index in [2.05, 4.69) is 43.2 Å². The number of amides is 1. The van der Waals surface area contributed by atoms with E-state index in [0.29, 0.717) is 6.04 Å². The van der Waals surface area contributed by atoms with E-state index in [-0.39, 0.29) is 11.9 Å². The highest BCUT2D eigenvalue weighted by Crippen LogP contribution is 2.40. The van der Waals surface area contributed by atoms with Crippen LogP contribution in [0.25, 0.3) is 10.1 Å². The SMILES string of the molecule is O=C(c1sc2ccccc2c1Br)N(C1CC1)C1CCc2[nH]ncc2C1. The zero-order chi connectivity index (χ0) is 17.0. The van der Waals surface area contributed by atoms with E-state index < -0.39 is 0 Å². The fourth-order valence-electron chi connectivity index (χ4n) is 3.89. The normalized spacial score (nSPS) is 19.8. The van der Waals surface area contributed by atoms with Crippen molar-refractivity contribution in [3.05, 3.63) is 51.1 Å². The molecule has 1 saturated carbocycles. The van der Waals surface area contributed by atoms with Gasteiger partial charge in [-0.3, -0.25) is 9.89 Å². The Balaban J connectivity index is 1.50. The minimum Gasteiger partial charge on any atom is -0.332 e. The summed E-state index contributed by atoms with van der Waals surface area (Å²) >= 11 is 5.28. The van der Waals surface area contributed by atoms with E-state index in [1.807, 2.05) is 18.3 Å². The summed E-state index contributed by atoms with van der Waals surface area (Å²) in [6.45, 7) is 0. The van der Waals surface area contributed by atoms with Gasteiger partial charge < -0.3 is 4.90 Å². The maximum absolute atomic E-state index is 13.4. The molecule has 3 aromatic rings. The number of hydrogen-bond acceptors (Lipinski definition) is 3. The topological polar surface area (TPSA) is 49.0 Å². The van der Waals surface area contributed by atoms with Crippen LogP contribution >= 0.6 is 27.3 Å². The molecule has 1 amide bonds. The Morgan fingerprint density at radius 1 is 1.24 bits per heavy atom. The molecule has 2 heterocycles. The first-order valence-electron chi connectivity index (χ1n) is 8.73. The molecule has 2 aliphatic carbocycles. The number of hydrogen-bond donors (Lipinski definition) is 1. The lowest BCUT2D eigenvalue weighted by molar-refractivity contribution is 0.0647. The van der Waals surface area contributed by atoms with Crippen molar-refractivity contribution in [3.63, 3.8) is 0 Å². The fraction of sp³-hybridized carbons (Fsp3) is 0.368.